The lowest BCUT2D eigenvalue weighted by Crippen LogP contribution is -2.18. The van der Waals surface area contributed by atoms with Gasteiger partial charge in [-0.15, -0.1) is 0 Å². The van der Waals surface area contributed by atoms with Crippen LogP contribution in [0.2, 0.25) is 5.02 Å². The van der Waals surface area contributed by atoms with Crippen molar-refractivity contribution in [3.8, 4) is 11.5 Å². The second-order valence-corrected chi connectivity index (χ2v) is 8.85. The zero-order chi connectivity index (χ0) is 27.8. The van der Waals surface area contributed by atoms with Crippen molar-refractivity contribution in [2.45, 2.75) is 6.92 Å². The highest BCUT2D eigenvalue weighted by Gasteiger charge is 2.13. The van der Waals surface area contributed by atoms with E-state index in [1.165, 1.54) is 13.3 Å². The zero-order valence-corrected chi connectivity index (χ0v) is 21.9. The van der Waals surface area contributed by atoms with Crippen molar-refractivity contribution in [1.82, 2.24) is 5.43 Å². The third-order valence-electron chi connectivity index (χ3n) is 5.51. The standard InChI is InChI=1S/C30H24ClN3O5/c1-19-5-3-7-23(15-19)30(37)39-26-14-9-20(16-27(26)38-2)18-32-34-29(36)22-6-4-8-25(17-22)33-28(35)21-10-12-24(31)13-11-21/h3-18H,1-2H3,(H,33,35)(H,34,36). The van der Waals surface area contributed by atoms with Crippen LogP contribution in [0, 0.1) is 6.92 Å². The Balaban J connectivity index is 1.37. The minimum absolute atomic E-state index is 0.252. The summed E-state index contributed by atoms with van der Waals surface area (Å²) in [6, 6.07) is 24.9. The Labute approximate surface area is 230 Å². The Hall–Kier alpha value is -4.95. The minimum atomic E-state index is -0.503. The molecule has 0 saturated heterocycles. The molecule has 0 saturated carbocycles. The van der Waals surface area contributed by atoms with Crippen LogP contribution in [0.15, 0.2) is 96.1 Å². The number of hydrogen-bond acceptors (Lipinski definition) is 6. The fraction of sp³-hybridized carbons (Fsp3) is 0.0667. The average molecular weight is 542 g/mol. The maximum Gasteiger partial charge on any atom is 0.343 e. The molecule has 39 heavy (non-hydrogen) atoms. The first-order chi connectivity index (χ1) is 18.8. The number of nitrogens with one attached hydrogen (secondary N) is 2. The zero-order valence-electron chi connectivity index (χ0n) is 21.1. The van der Waals surface area contributed by atoms with Crippen LogP contribution in [0.5, 0.6) is 11.5 Å². The van der Waals surface area contributed by atoms with E-state index in [2.05, 4.69) is 15.8 Å². The predicted molar refractivity (Wildman–Crippen MR) is 150 cm³/mol. The van der Waals surface area contributed by atoms with Crippen LogP contribution < -0.4 is 20.2 Å². The molecule has 0 spiro atoms. The van der Waals surface area contributed by atoms with E-state index < -0.39 is 11.9 Å². The molecule has 4 rings (SSSR count). The lowest BCUT2D eigenvalue weighted by molar-refractivity contribution is 0.0729. The number of nitrogens with zero attached hydrogens (tertiary/aromatic N) is 1. The third-order valence-corrected chi connectivity index (χ3v) is 5.76. The first-order valence-corrected chi connectivity index (χ1v) is 12.2. The van der Waals surface area contributed by atoms with E-state index in [0.29, 0.717) is 38.7 Å². The summed E-state index contributed by atoms with van der Waals surface area (Å²) >= 11 is 5.87. The predicted octanol–water partition coefficient (Wildman–Crippen LogP) is 5.89. The van der Waals surface area contributed by atoms with Gasteiger partial charge in [0.25, 0.3) is 11.8 Å². The summed E-state index contributed by atoms with van der Waals surface area (Å²) in [4.78, 5) is 37.5. The maximum absolute atomic E-state index is 12.6. The summed E-state index contributed by atoms with van der Waals surface area (Å²) in [6.07, 6.45) is 1.43. The number of carbonyl (C=O) groups excluding carboxylic acids is 3. The molecular weight excluding hydrogens is 518 g/mol. The number of esters is 1. The van der Waals surface area contributed by atoms with Gasteiger partial charge in [-0.1, -0.05) is 35.4 Å². The van der Waals surface area contributed by atoms with Crippen LogP contribution in [0.3, 0.4) is 0 Å². The summed E-state index contributed by atoms with van der Waals surface area (Å²) in [6.45, 7) is 1.89. The molecule has 196 valence electrons. The van der Waals surface area contributed by atoms with Crippen LogP contribution in [-0.4, -0.2) is 31.1 Å². The van der Waals surface area contributed by atoms with Gasteiger partial charge in [-0.2, -0.15) is 5.10 Å². The summed E-state index contributed by atoms with van der Waals surface area (Å²) in [5, 5.41) is 7.28. The van der Waals surface area contributed by atoms with Crippen molar-refractivity contribution in [2.75, 3.05) is 12.4 Å². The fourth-order valence-corrected chi connectivity index (χ4v) is 3.68. The van der Waals surface area contributed by atoms with E-state index in [0.717, 1.165) is 5.56 Å². The highest BCUT2D eigenvalue weighted by Crippen LogP contribution is 2.28. The number of benzene rings is 4. The Morgan fingerprint density at radius 3 is 2.28 bits per heavy atom. The van der Waals surface area contributed by atoms with E-state index in [4.69, 9.17) is 21.1 Å². The molecule has 0 radical (unpaired) electrons. The normalized spacial score (nSPS) is 10.6. The lowest BCUT2D eigenvalue weighted by atomic mass is 10.1. The molecule has 0 bridgehead atoms. The fourth-order valence-electron chi connectivity index (χ4n) is 3.55. The number of carbonyl (C=O) groups is 3. The Kier molecular flexibility index (Phi) is 8.71. The summed E-state index contributed by atoms with van der Waals surface area (Å²) in [5.74, 6) is -0.718. The first kappa shape index (κ1) is 27.1. The molecule has 0 heterocycles. The largest absolute Gasteiger partial charge is 0.493 e. The summed E-state index contributed by atoms with van der Waals surface area (Å²) < 4.78 is 10.8. The molecule has 0 fully saturated rings. The Bertz CT molecular complexity index is 1550. The molecule has 8 nitrogen and oxygen atoms in total. The van der Waals surface area contributed by atoms with Gasteiger partial charge in [0.2, 0.25) is 0 Å². The number of ether oxygens (including phenoxy) is 2. The van der Waals surface area contributed by atoms with Crippen molar-refractivity contribution >= 4 is 41.3 Å². The minimum Gasteiger partial charge on any atom is -0.493 e. The monoisotopic (exact) mass is 541 g/mol. The Morgan fingerprint density at radius 1 is 0.795 bits per heavy atom. The third kappa shape index (κ3) is 7.30. The number of rotatable bonds is 8. The number of halogens is 1. The molecule has 4 aromatic rings. The van der Waals surface area contributed by atoms with Crippen LogP contribution in [-0.2, 0) is 0 Å². The van der Waals surface area contributed by atoms with Crippen LogP contribution >= 0.6 is 11.6 Å². The van der Waals surface area contributed by atoms with Gasteiger partial charge in [-0.05, 0) is 85.3 Å². The number of methoxy groups -OCH3 is 1. The van der Waals surface area contributed by atoms with Gasteiger partial charge in [0.05, 0.1) is 18.9 Å². The molecule has 0 unspecified atom stereocenters. The van der Waals surface area contributed by atoms with Gasteiger partial charge in [-0.3, -0.25) is 9.59 Å². The second-order valence-electron chi connectivity index (χ2n) is 8.41. The smallest absolute Gasteiger partial charge is 0.343 e. The molecular formula is C30H24ClN3O5. The van der Waals surface area contributed by atoms with Gasteiger partial charge in [0, 0.05) is 21.8 Å². The number of amides is 2. The molecule has 0 aliphatic rings. The van der Waals surface area contributed by atoms with E-state index in [9.17, 15) is 14.4 Å². The van der Waals surface area contributed by atoms with E-state index in [1.54, 1.807) is 84.9 Å². The topological polar surface area (TPSA) is 106 Å². The number of aryl methyl sites for hydroxylation is 1. The quantitative estimate of drug-likeness (QED) is 0.125. The Morgan fingerprint density at radius 2 is 1.54 bits per heavy atom. The van der Waals surface area contributed by atoms with Crippen molar-refractivity contribution in [1.29, 1.82) is 0 Å². The first-order valence-electron chi connectivity index (χ1n) is 11.8. The van der Waals surface area contributed by atoms with E-state index in [-0.39, 0.29) is 11.7 Å². The van der Waals surface area contributed by atoms with Crippen molar-refractivity contribution < 1.29 is 23.9 Å². The molecule has 0 atom stereocenters. The number of anilines is 1. The van der Waals surface area contributed by atoms with Crippen LogP contribution in [0.25, 0.3) is 0 Å². The highest BCUT2D eigenvalue weighted by atomic mass is 35.5. The van der Waals surface area contributed by atoms with Gasteiger partial charge in [0.15, 0.2) is 11.5 Å². The van der Waals surface area contributed by atoms with Gasteiger partial charge < -0.3 is 14.8 Å². The SMILES string of the molecule is COc1cc(C=NNC(=O)c2cccc(NC(=O)c3ccc(Cl)cc3)c2)ccc1OC(=O)c1cccc(C)c1. The summed E-state index contributed by atoms with van der Waals surface area (Å²) in [5.41, 5.74) is 5.62. The van der Waals surface area contributed by atoms with Crippen molar-refractivity contribution in [3.63, 3.8) is 0 Å². The maximum atomic E-state index is 12.6. The van der Waals surface area contributed by atoms with Crippen molar-refractivity contribution in [3.05, 3.63) is 124 Å². The van der Waals surface area contributed by atoms with Gasteiger partial charge in [-0.25, -0.2) is 10.2 Å². The molecule has 2 N–H and O–H groups in total. The van der Waals surface area contributed by atoms with Gasteiger partial charge in [0.1, 0.15) is 0 Å². The molecule has 2 amide bonds. The van der Waals surface area contributed by atoms with E-state index >= 15 is 0 Å². The van der Waals surface area contributed by atoms with Crippen LogP contribution in [0.1, 0.15) is 42.2 Å². The highest BCUT2D eigenvalue weighted by molar-refractivity contribution is 6.30. The average Bonchev–Trinajstić information content (AvgIpc) is 2.94. The number of hydrogen-bond donors (Lipinski definition) is 2. The molecule has 9 heteroatoms. The summed E-state index contributed by atoms with van der Waals surface area (Å²) in [7, 11) is 1.46. The molecule has 0 aliphatic heterocycles. The van der Waals surface area contributed by atoms with E-state index in [1.807, 2.05) is 13.0 Å². The molecule has 0 aromatic heterocycles. The lowest BCUT2D eigenvalue weighted by Gasteiger charge is -2.10. The van der Waals surface area contributed by atoms with Crippen molar-refractivity contribution in [2.24, 2.45) is 5.10 Å². The molecule has 4 aromatic carbocycles. The molecule has 0 aliphatic carbocycles. The second kappa shape index (κ2) is 12.5. The number of hydrazone groups is 1. The van der Waals surface area contributed by atoms with Crippen LogP contribution in [0.4, 0.5) is 5.69 Å². The van der Waals surface area contributed by atoms with Gasteiger partial charge >= 0.3 is 5.97 Å².